The molecule has 0 saturated heterocycles. The first-order chi connectivity index (χ1) is 12.8. The molecule has 1 aliphatic rings. The lowest BCUT2D eigenvalue weighted by Gasteiger charge is -2.27. The standard InChI is InChI=1S/C22H24N2O3/c1-5-12-24-18-11-10-16(13-19(18)27-14-22(3,4)21(24)26)23-20(25)17-9-7-6-8-15(17)2/h5-11,13H,1,12,14H2,2-4H3,(H,23,25). The highest BCUT2D eigenvalue weighted by Gasteiger charge is 2.37. The Morgan fingerprint density at radius 1 is 1.30 bits per heavy atom. The summed E-state index contributed by atoms with van der Waals surface area (Å²) in [6, 6.07) is 12.8. The minimum Gasteiger partial charge on any atom is -0.490 e. The molecule has 0 bridgehead atoms. The van der Waals surface area contributed by atoms with Crippen LogP contribution in [0.1, 0.15) is 29.8 Å². The Bertz CT molecular complexity index is 902. The number of anilines is 2. The fourth-order valence-electron chi connectivity index (χ4n) is 3.06. The average Bonchev–Trinajstić information content (AvgIpc) is 2.72. The first kappa shape index (κ1) is 18.7. The number of nitrogens with one attached hydrogen (secondary N) is 1. The summed E-state index contributed by atoms with van der Waals surface area (Å²) in [6.07, 6.45) is 1.69. The van der Waals surface area contributed by atoms with Crippen LogP contribution in [0.4, 0.5) is 11.4 Å². The Hall–Kier alpha value is -3.08. The minimum absolute atomic E-state index is 0.0159. The summed E-state index contributed by atoms with van der Waals surface area (Å²) in [4.78, 5) is 27.1. The molecule has 27 heavy (non-hydrogen) atoms. The zero-order chi connectivity index (χ0) is 19.6. The number of hydrogen-bond donors (Lipinski definition) is 1. The largest absolute Gasteiger partial charge is 0.490 e. The van der Waals surface area contributed by atoms with Crippen molar-refractivity contribution in [1.82, 2.24) is 0 Å². The van der Waals surface area contributed by atoms with Crippen LogP contribution in [0.15, 0.2) is 55.1 Å². The van der Waals surface area contributed by atoms with Crippen LogP contribution in [0.5, 0.6) is 5.75 Å². The molecule has 1 heterocycles. The Morgan fingerprint density at radius 3 is 2.74 bits per heavy atom. The molecule has 0 saturated carbocycles. The van der Waals surface area contributed by atoms with Crippen LogP contribution in [-0.2, 0) is 4.79 Å². The van der Waals surface area contributed by atoms with Crippen molar-refractivity contribution in [3.63, 3.8) is 0 Å². The van der Waals surface area contributed by atoms with E-state index < -0.39 is 5.41 Å². The summed E-state index contributed by atoms with van der Waals surface area (Å²) in [7, 11) is 0. The van der Waals surface area contributed by atoms with Crippen molar-refractivity contribution in [3.8, 4) is 5.75 Å². The van der Waals surface area contributed by atoms with Crippen molar-refractivity contribution in [2.45, 2.75) is 20.8 Å². The molecule has 2 amide bonds. The number of rotatable bonds is 4. The molecule has 2 aromatic carbocycles. The van der Waals surface area contributed by atoms with E-state index in [1.165, 1.54) is 0 Å². The van der Waals surface area contributed by atoms with Crippen LogP contribution in [0.25, 0.3) is 0 Å². The maximum atomic E-state index is 12.8. The predicted octanol–water partition coefficient (Wildman–Crippen LogP) is 4.18. The highest BCUT2D eigenvalue weighted by atomic mass is 16.5. The van der Waals surface area contributed by atoms with Crippen LogP contribution in [-0.4, -0.2) is 25.0 Å². The van der Waals surface area contributed by atoms with Crippen molar-refractivity contribution >= 4 is 23.2 Å². The highest BCUT2D eigenvalue weighted by Crippen LogP contribution is 2.38. The maximum absolute atomic E-state index is 12.8. The molecule has 1 aliphatic heterocycles. The van der Waals surface area contributed by atoms with Gasteiger partial charge in [0.2, 0.25) is 5.91 Å². The number of benzene rings is 2. The fraction of sp³-hybridized carbons (Fsp3) is 0.273. The molecule has 1 N–H and O–H groups in total. The molecule has 5 nitrogen and oxygen atoms in total. The highest BCUT2D eigenvalue weighted by molar-refractivity contribution is 6.06. The second-order valence-corrected chi connectivity index (χ2v) is 7.33. The van der Waals surface area contributed by atoms with Crippen LogP contribution in [0.2, 0.25) is 0 Å². The van der Waals surface area contributed by atoms with Crippen LogP contribution in [0.3, 0.4) is 0 Å². The Morgan fingerprint density at radius 2 is 2.04 bits per heavy atom. The number of aryl methyl sites for hydroxylation is 1. The molecule has 0 aliphatic carbocycles. The summed E-state index contributed by atoms with van der Waals surface area (Å²) in [5, 5.41) is 2.91. The van der Waals surface area contributed by atoms with Gasteiger partial charge in [0.1, 0.15) is 12.4 Å². The van der Waals surface area contributed by atoms with Crippen molar-refractivity contribution in [1.29, 1.82) is 0 Å². The number of amides is 2. The first-order valence-corrected chi connectivity index (χ1v) is 8.90. The van der Waals surface area contributed by atoms with Gasteiger partial charge in [-0.15, -0.1) is 6.58 Å². The molecule has 0 aromatic heterocycles. The van der Waals surface area contributed by atoms with Gasteiger partial charge in [0, 0.05) is 23.9 Å². The van der Waals surface area contributed by atoms with Gasteiger partial charge in [0.15, 0.2) is 0 Å². The third-order valence-electron chi connectivity index (χ3n) is 4.62. The van der Waals surface area contributed by atoms with Gasteiger partial charge in [-0.3, -0.25) is 9.59 Å². The molecule has 3 rings (SSSR count). The first-order valence-electron chi connectivity index (χ1n) is 8.90. The quantitative estimate of drug-likeness (QED) is 0.828. The number of fused-ring (bicyclic) bond motifs is 1. The van der Waals surface area contributed by atoms with Gasteiger partial charge in [-0.2, -0.15) is 0 Å². The van der Waals surface area contributed by atoms with E-state index in [2.05, 4.69) is 11.9 Å². The average molecular weight is 364 g/mol. The second-order valence-electron chi connectivity index (χ2n) is 7.33. The molecular weight excluding hydrogens is 340 g/mol. The number of carbonyl (C=O) groups excluding carboxylic acids is 2. The molecule has 0 radical (unpaired) electrons. The molecular formula is C22H24N2O3. The Labute approximate surface area is 159 Å². The lowest BCUT2D eigenvalue weighted by atomic mass is 9.93. The smallest absolute Gasteiger partial charge is 0.255 e. The van der Waals surface area contributed by atoms with E-state index in [1.807, 2.05) is 39.0 Å². The molecule has 0 fully saturated rings. The van der Waals surface area contributed by atoms with Crippen LogP contribution >= 0.6 is 0 Å². The van der Waals surface area contributed by atoms with Gasteiger partial charge in [0.05, 0.1) is 11.1 Å². The van der Waals surface area contributed by atoms with Gasteiger partial charge in [0.25, 0.3) is 5.91 Å². The lowest BCUT2D eigenvalue weighted by Crippen LogP contribution is -2.42. The van der Waals surface area contributed by atoms with Gasteiger partial charge in [-0.25, -0.2) is 0 Å². The summed E-state index contributed by atoms with van der Waals surface area (Å²) >= 11 is 0. The summed E-state index contributed by atoms with van der Waals surface area (Å²) < 4.78 is 5.91. The minimum atomic E-state index is -0.646. The number of carbonyl (C=O) groups is 2. The zero-order valence-corrected chi connectivity index (χ0v) is 15.9. The summed E-state index contributed by atoms with van der Waals surface area (Å²) in [5.74, 6) is 0.372. The van der Waals surface area contributed by atoms with Gasteiger partial charge < -0.3 is 15.0 Å². The number of ether oxygens (including phenoxy) is 1. The SMILES string of the molecule is C=CCN1C(=O)C(C)(C)COc2cc(NC(=O)c3ccccc3C)ccc21. The van der Waals surface area contributed by atoms with E-state index >= 15 is 0 Å². The van der Waals surface area contributed by atoms with Gasteiger partial charge >= 0.3 is 0 Å². The monoisotopic (exact) mass is 364 g/mol. The van der Waals surface area contributed by atoms with Gasteiger partial charge in [-0.1, -0.05) is 24.3 Å². The van der Waals surface area contributed by atoms with E-state index in [0.717, 1.165) is 5.56 Å². The molecule has 5 heteroatoms. The second kappa shape index (κ2) is 7.27. The van der Waals surface area contributed by atoms with Crippen molar-refractivity contribution < 1.29 is 14.3 Å². The third-order valence-corrected chi connectivity index (χ3v) is 4.62. The maximum Gasteiger partial charge on any atom is 0.255 e. The normalized spacial score (nSPS) is 15.4. The fourth-order valence-corrected chi connectivity index (χ4v) is 3.06. The number of hydrogen-bond acceptors (Lipinski definition) is 3. The topological polar surface area (TPSA) is 58.6 Å². The van der Waals surface area contributed by atoms with E-state index in [-0.39, 0.29) is 18.4 Å². The van der Waals surface area contributed by atoms with E-state index in [1.54, 1.807) is 35.2 Å². The van der Waals surface area contributed by atoms with E-state index in [9.17, 15) is 9.59 Å². The summed E-state index contributed by atoms with van der Waals surface area (Å²) in [5.41, 5.74) is 2.18. The van der Waals surface area contributed by atoms with Crippen molar-refractivity contribution in [2.24, 2.45) is 5.41 Å². The lowest BCUT2D eigenvalue weighted by molar-refractivity contribution is -0.127. The molecule has 2 aromatic rings. The molecule has 0 atom stereocenters. The van der Waals surface area contributed by atoms with Crippen molar-refractivity contribution in [2.75, 3.05) is 23.4 Å². The Kier molecular flexibility index (Phi) is 5.04. The molecule has 0 unspecified atom stereocenters. The molecule has 0 spiro atoms. The van der Waals surface area contributed by atoms with Crippen LogP contribution in [0, 0.1) is 12.3 Å². The number of nitrogens with zero attached hydrogens (tertiary/aromatic N) is 1. The summed E-state index contributed by atoms with van der Waals surface area (Å²) in [6.45, 7) is 10.0. The Balaban J connectivity index is 1.91. The van der Waals surface area contributed by atoms with Crippen LogP contribution < -0.4 is 15.0 Å². The third kappa shape index (κ3) is 3.72. The zero-order valence-electron chi connectivity index (χ0n) is 15.9. The van der Waals surface area contributed by atoms with E-state index in [4.69, 9.17) is 4.74 Å². The van der Waals surface area contributed by atoms with Crippen molar-refractivity contribution in [3.05, 3.63) is 66.2 Å². The van der Waals surface area contributed by atoms with E-state index in [0.29, 0.717) is 29.2 Å². The molecule has 140 valence electrons. The van der Waals surface area contributed by atoms with Gasteiger partial charge in [-0.05, 0) is 44.5 Å². The predicted molar refractivity (Wildman–Crippen MR) is 107 cm³/mol.